The predicted octanol–water partition coefficient (Wildman–Crippen LogP) is 3.75. The first-order valence-electron chi connectivity index (χ1n) is 6.79. The average Bonchev–Trinajstić information content (AvgIpc) is 2.72. The van der Waals surface area contributed by atoms with Gasteiger partial charge < -0.3 is 14.9 Å². The lowest BCUT2D eigenvalue weighted by Crippen LogP contribution is -2.32. The van der Waals surface area contributed by atoms with Gasteiger partial charge in [0.05, 0.1) is 14.6 Å². The summed E-state index contributed by atoms with van der Waals surface area (Å²) in [6, 6.07) is 3.33. The van der Waals surface area contributed by atoms with Gasteiger partial charge in [-0.3, -0.25) is 4.79 Å². The fraction of sp³-hybridized carbons (Fsp3) is 0.429. The summed E-state index contributed by atoms with van der Waals surface area (Å²) < 4.78 is 16.5. The van der Waals surface area contributed by atoms with Crippen LogP contribution in [0.1, 0.15) is 26.7 Å². The Kier molecular flexibility index (Phi) is 5.37. The number of rotatable bonds is 5. The highest BCUT2D eigenvalue weighted by Gasteiger charge is 2.11. The molecule has 1 unspecified atom stereocenters. The molecule has 0 aliphatic rings. The molecule has 2 aromatic rings. The average molecular weight is 421 g/mol. The van der Waals surface area contributed by atoms with E-state index in [2.05, 4.69) is 10.3 Å². The summed E-state index contributed by atoms with van der Waals surface area (Å²) in [5, 5.41) is 2.91. The van der Waals surface area contributed by atoms with Crippen molar-refractivity contribution >= 4 is 51.7 Å². The van der Waals surface area contributed by atoms with Crippen molar-refractivity contribution < 1.29 is 9.18 Å². The van der Waals surface area contributed by atoms with E-state index >= 15 is 0 Å². The van der Waals surface area contributed by atoms with Gasteiger partial charge in [0.25, 0.3) is 0 Å². The summed E-state index contributed by atoms with van der Waals surface area (Å²) in [5.74, 6) is -0.304. The van der Waals surface area contributed by atoms with Crippen molar-refractivity contribution in [3.63, 3.8) is 0 Å². The lowest BCUT2D eigenvalue weighted by molar-refractivity contribution is -0.121. The molecule has 114 valence electrons. The normalized spacial score (nSPS) is 12.6. The molecule has 0 radical (unpaired) electrons. The molecule has 2 N–H and O–H groups in total. The number of halogens is 2. The van der Waals surface area contributed by atoms with Gasteiger partial charge in [-0.05, 0) is 54.2 Å². The molecule has 1 atom stereocenters. The summed E-state index contributed by atoms with van der Waals surface area (Å²) in [7, 11) is 0. The van der Waals surface area contributed by atoms with Crippen LogP contribution in [-0.2, 0) is 11.3 Å². The number of aromatic amines is 1. The number of H-pyrrole nitrogens is 1. The number of hydrogen-bond acceptors (Lipinski definition) is 2. The van der Waals surface area contributed by atoms with Crippen LogP contribution in [0.3, 0.4) is 0 Å². The number of carbonyl (C=O) groups excluding carboxylic acids is 1. The maximum Gasteiger partial charge on any atom is 0.222 e. The first-order valence-corrected chi connectivity index (χ1v) is 8.28. The Bertz CT molecular complexity index is 725. The molecule has 0 saturated carbocycles. The van der Waals surface area contributed by atoms with Crippen LogP contribution < -0.4 is 5.32 Å². The zero-order valence-electron chi connectivity index (χ0n) is 11.9. The second kappa shape index (κ2) is 6.87. The van der Waals surface area contributed by atoms with Crippen molar-refractivity contribution in [3.05, 3.63) is 26.3 Å². The number of fused-ring (bicyclic) bond motifs is 1. The molecule has 0 bridgehead atoms. The van der Waals surface area contributed by atoms with E-state index in [0.29, 0.717) is 26.8 Å². The fourth-order valence-corrected chi connectivity index (χ4v) is 2.80. The number of imidazole rings is 1. The number of amides is 1. The minimum atomic E-state index is -0.282. The molecule has 0 aliphatic carbocycles. The van der Waals surface area contributed by atoms with E-state index < -0.39 is 0 Å². The van der Waals surface area contributed by atoms with Crippen molar-refractivity contribution in [1.82, 2.24) is 14.9 Å². The first-order chi connectivity index (χ1) is 9.92. The molecule has 0 spiro atoms. The largest absolute Gasteiger partial charge is 0.354 e. The quantitative estimate of drug-likeness (QED) is 0.571. The van der Waals surface area contributed by atoms with Gasteiger partial charge in [0.15, 0.2) is 4.77 Å². The van der Waals surface area contributed by atoms with Gasteiger partial charge in [0.2, 0.25) is 5.91 Å². The molecule has 2 rings (SSSR count). The van der Waals surface area contributed by atoms with E-state index in [1.165, 1.54) is 6.07 Å². The topological polar surface area (TPSA) is 49.8 Å². The van der Waals surface area contributed by atoms with E-state index in [-0.39, 0.29) is 17.8 Å². The third kappa shape index (κ3) is 3.82. The third-order valence-electron chi connectivity index (χ3n) is 3.40. The molecular formula is C14H17FIN3OS. The SMILES string of the molecule is CCC(C)NC(=O)CCn1c(=S)[nH]c2cc(I)c(F)cc21. The molecule has 21 heavy (non-hydrogen) atoms. The monoisotopic (exact) mass is 421 g/mol. The molecule has 1 heterocycles. The zero-order chi connectivity index (χ0) is 15.6. The number of nitrogens with one attached hydrogen (secondary N) is 2. The van der Waals surface area contributed by atoms with Crippen LogP contribution in [-0.4, -0.2) is 21.5 Å². The van der Waals surface area contributed by atoms with Gasteiger partial charge in [-0.2, -0.15) is 0 Å². The second-order valence-corrected chi connectivity index (χ2v) is 6.54. The number of aryl methyl sites for hydroxylation is 1. The molecule has 4 nitrogen and oxygen atoms in total. The van der Waals surface area contributed by atoms with Gasteiger partial charge >= 0.3 is 0 Å². The van der Waals surface area contributed by atoms with Crippen LogP contribution in [0.25, 0.3) is 11.0 Å². The third-order valence-corrected chi connectivity index (χ3v) is 4.55. The van der Waals surface area contributed by atoms with Gasteiger partial charge in [-0.15, -0.1) is 0 Å². The zero-order valence-corrected chi connectivity index (χ0v) is 14.8. The van der Waals surface area contributed by atoms with E-state index in [1.54, 1.807) is 10.6 Å². The Balaban J connectivity index is 2.19. The van der Waals surface area contributed by atoms with Crippen molar-refractivity contribution in [2.45, 2.75) is 39.3 Å². The summed E-state index contributed by atoms with van der Waals surface area (Å²) in [4.78, 5) is 14.9. The van der Waals surface area contributed by atoms with Crippen LogP contribution in [0, 0.1) is 14.2 Å². The molecular weight excluding hydrogens is 404 g/mol. The summed E-state index contributed by atoms with van der Waals surface area (Å²) >= 11 is 7.19. The van der Waals surface area contributed by atoms with Gasteiger partial charge in [-0.25, -0.2) is 4.39 Å². The highest BCUT2D eigenvalue weighted by molar-refractivity contribution is 14.1. The lowest BCUT2D eigenvalue weighted by Gasteiger charge is -2.11. The predicted molar refractivity (Wildman–Crippen MR) is 92.3 cm³/mol. The Morgan fingerprint density at radius 1 is 1.57 bits per heavy atom. The van der Waals surface area contributed by atoms with Crippen molar-refractivity contribution in [2.24, 2.45) is 0 Å². The highest BCUT2D eigenvalue weighted by Crippen LogP contribution is 2.20. The smallest absolute Gasteiger partial charge is 0.222 e. The fourth-order valence-electron chi connectivity index (χ4n) is 2.04. The number of carbonyl (C=O) groups is 1. The molecule has 0 fully saturated rings. The molecule has 1 aromatic heterocycles. The van der Waals surface area contributed by atoms with Crippen molar-refractivity contribution in [1.29, 1.82) is 0 Å². The number of benzene rings is 1. The van der Waals surface area contributed by atoms with Crippen LogP contribution in [0.4, 0.5) is 4.39 Å². The maximum absolute atomic E-state index is 13.7. The number of nitrogens with zero attached hydrogens (tertiary/aromatic N) is 1. The van der Waals surface area contributed by atoms with Crippen molar-refractivity contribution in [2.75, 3.05) is 0 Å². The summed E-state index contributed by atoms with van der Waals surface area (Å²) in [5.41, 5.74) is 1.47. The van der Waals surface area contributed by atoms with Gasteiger partial charge in [0, 0.05) is 25.1 Å². The Labute approximate surface area is 141 Å². The first kappa shape index (κ1) is 16.4. The maximum atomic E-state index is 13.7. The molecule has 0 aliphatic heterocycles. The van der Waals surface area contributed by atoms with Gasteiger partial charge in [-0.1, -0.05) is 6.92 Å². The number of hydrogen-bond donors (Lipinski definition) is 2. The minimum absolute atomic E-state index is 0.0217. The van der Waals surface area contributed by atoms with Gasteiger partial charge in [0.1, 0.15) is 5.82 Å². The summed E-state index contributed by atoms with van der Waals surface area (Å²) in [6.07, 6.45) is 1.21. The molecule has 0 saturated heterocycles. The van der Waals surface area contributed by atoms with Crippen LogP contribution in [0.2, 0.25) is 0 Å². The van der Waals surface area contributed by atoms with E-state index in [4.69, 9.17) is 12.2 Å². The Morgan fingerprint density at radius 2 is 2.29 bits per heavy atom. The standard InChI is InChI=1S/C14H17FIN3OS/c1-3-8(2)17-13(20)4-5-19-12-6-9(15)10(16)7-11(12)18-14(19)21/h6-8H,3-5H2,1-2H3,(H,17,20)(H,18,21). The molecule has 7 heteroatoms. The van der Waals surface area contributed by atoms with Crippen LogP contribution in [0.15, 0.2) is 12.1 Å². The van der Waals surface area contributed by atoms with E-state index in [9.17, 15) is 9.18 Å². The van der Waals surface area contributed by atoms with Crippen LogP contribution >= 0.6 is 34.8 Å². The minimum Gasteiger partial charge on any atom is -0.354 e. The van der Waals surface area contributed by atoms with Crippen LogP contribution in [0.5, 0.6) is 0 Å². The number of aromatic nitrogens is 2. The molecule has 1 amide bonds. The van der Waals surface area contributed by atoms with E-state index in [1.807, 2.05) is 36.4 Å². The Hall–Kier alpha value is -0.960. The lowest BCUT2D eigenvalue weighted by atomic mass is 10.2. The highest BCUT2D eigenvalue weighted by atomic mass is 127. The Morgan fingerprint density at radius 3 is 2.95 bits per heavy atom. The molecule has 1 aromatic carbocycles. The van der Waals surface area contributed by atoms with E-state index in [0.717, 1.165) is 11.9 Å². The summed E-state index contributed by atoms with van der Waals surface area (Å²) in [6.45, 7) is 4.42. The van der Waals surface area contributed by atoms with Crippen molar-refractivity contribution in [3.8, 4) is 0 Å². The second-order valence-electron chi connectivity index (χ2n) is 4.99.